The number of nitrogens with zero attached hydrogens (tertiary/aromatic N) is 1. The summed E-state index contributed by atoms with van der Waals surface area (Å²) in [5, 5.41) is 8.72. The van der Waals surface area contributed by atoms with E-state index < -0.39 is 5.97 Å². The first-order chi connectivity index (χ1) is 8.65. The molecule has 2 fully saturated rings. The lowest BCUT2D eigenvalue weighted by Crippen LogP contribution is -2.47. The van der Waals surface area contributed by atoms with Gasteiger partial charge in [0.1, 0.15) is 0 Å². The zero-order valence-corrected chi connectivity index (χ0v) is 10.3. The van der Waals surface area contributed by atoms with Crippen LogP contribution in [0.2, 0.25) is 0 Å². The maximum atomic E-state index is 12.0. The van der Waals surface area contributed by atoms with Crippen LogP contribution in [0.4, 0.5) is 0 Å². The number of carbonyl (C=O) groups excluding carboxylic acids is 1. The summed E-state index contributed by atoms with van der Waals surface area (Å²) in [6.07, 6.45) is 1.96. The molecule has 2 saturated heterocycles. The summed E-state index contributed by atoms with van der Waals surface area (Å²) >= 11 is 0. The molecule has 6 nitrogen and oxygen atoms in total. The first kappa shape index (κ1) is 13.3. The van der Waals surface area contributed by atoms with E-state index >= 15 is 0 Å². The van der Waals surface area contributed by atoms with E-state index in [2.05, 4.69) is 0 Å². The van der Waals surface area contributed by atoms with Gasteiger partial charge in [-0.05, 0) is 12.8 Å². The van der Waals surface area contributed by atoms with E-state index in [1.807, 2.05) is 0 Å². The molecular formula is C12H19NO5. The Morgan fingerprint density at radius 2 is 1.94 bits per heavy atom. The molecule has 0 saturated carbocycles. The molecule has 2 unspecified atom stereocenters. The van der Waals surface area contributed by atoms with E-state index in [0.29, 0.717) is 26.1 Å². The van der Waals surface area contributed by atoms with Crippen molar-refractivity contribution in [3.63, 3.8) is 0 Å². The van der Waals surface area contributed by atoms with Gasteiger partial charge in [0.2, 0.25) is 5.91 Å². The van der Waals surface area contributed by atoms with Gasteiger partial charge in [0.15, 0.2) is 0 Å². The average molecular weight is 257 g/mol. The van der Waals surface area contributed by atoms with Gasteiger partial charge in [0.05, 0.1) is 31.7 Å². The quantitative estimate of drug-likeness (QED) is 0.781. The molecule has 0 bridgehead atoms. The Morgan fingerprint density at radius 1 is 1.17 bits per heavy atom. The van der Waals surface area contributed by atoms with Crippen LogP contribution in [-0.4, -0.2) is 60.4 Å². The molecule has 2 aliphatic rings. The smallest absolute Gasteiger partial charge is 0.306 e. The average Bonchev–Trinajstić information content (AvgIpc) is 2.81. The number of aliphatic carboxylic acids is 1. The highest BCUT2D eigenvalue weighted by Crippen LogP contribution is 2.18. The van der Waals surface area contributed by atoms with Crippen molar-refractivity contribution in [3.8, 4) is 0 Å². The molecule has 1 N–H and O–H groups in total. The number of amides is 1. The summed E-state index contributed by atoms with van der Waals surface area (Å²) in [7, 11) is 0. The zero-order valence-electron chi connectivity index (χ0n) is 10.3. The third-order valence-electron chi connectivity index (χ3n) is 3.32. The minimum absolute atomic E-state index is 0.0401. The van der Waals surface area contributed by atoms with Crippen LogP contribution in [-0.2, 0) is 19.1 Å². The van der Waals surface area contributed by atoms with Gasteiger partial charge >= 0.3 is 5.97 Å². The number of ether oxygens (including phenoxy) is 2. The maximum Gasteiger partial charge on any atom is 0.306 e. The third-order valence-corrected chi connectivity index (χ3v) is 3.32. The fourth-order valence-electron chi connectivity index (χ4n) is 2.39. The molecule has 102 valence electrons. The van der Waals surface area contributed by atoms with Crippen molar-refractivity contribution in [2.24, 2.45) is 0 Å². The zero-order chi connectivity index (χ0) is 13.0. The predicted molar refractivity (Wildman–Crippen MR) is 62.2 cm³/mol. The second-order valence-electron chi connectivity index (χ2n) is 4.77. The van der Waals surface area contributed by atoms with Crippen LogP contribution in [0.25, 0.3) is 0 Å². The van der Waals surface area contributed by atoms with E-state index in [1.165, 1.54) is 0 Å². The summed E-state index contributed by atoms with van der Waals surface area (Å²) in [6, 6.07) is 0. The molecule has 0 aromatic rings. The van der Waals surface area contributed by atoms with Crippen molar-refractivity contribution in [2.45, 2.75) is 37.9 Å². The van der Waals surface area contributed by atoms with Gasteiger partial charge in [-0.1, -0.05) is 0 Å². The molecule has 0 spiro atoms. The molecular weight excluding hydrogens is 238 g/mol. The normalized spacial score (nSPS) is 28.3. The summed E-state index contributed by atoms with van der Waals surface area (Å²) in [5.41, 5.74) is 0. The van der Waals surface area contributed by atoms with Gasteiger partial charge in [-0.25, -0.2) is 0 Å². The highest BCUT2D eigenvalue weighted by atomic mass is 16.5. The summed E-state index contributed by atoms with van der Waals surface area (Å²) in [5.74, 6) is -0.853. The fourth-order valence-corrected chi connectivity index (χ4v) is 2.39. The van der Waals surface area contributed by atoms with Crippen molar-refractivity contribution in [3.05, 3.63) is 0 Å². The first-order valence-electron chi connectivity index (χ1n) is 6.38. The fraction of sp³-hybridized carbons (Fsp3) is 0.833. The molecule has 0 aliphatic carbocycles. The second kappa shape index (κ2) is 6.15. The monoisotopic (exact) mass is 257 g/mol. The lowest BCUT2D eigenvalue weighted by Gasteiger charge is -2.32. The SMILES string of the molecule is O=C(O)CC1CN(C(=O)CC2CCCO2)CCO1. The molecule has 2 atom stereocenters. The number of carbonyl (C=O) groups is 2. The lowest BCUT2D eigenvalue weighted by molar-refractivity contribution is -0.148. The topological polar surface area (TPSA) is 76.1 Å². The van der Waals surface area contributed by atoms with Gasteiger partial charge in [-0.2, -0.15) is 0 Å². The van der Waals surface area contributed by atoms with E-state index in [-0.39, 0.29) is 24.5 Å². The van der Waals surface area contributed by atoms with Crippen LogP contribution in [0.1, 0.15) is 25.7 Å². The number of carboxylic acid groups (broad SMARTS) is 1. The minimum Gasteiger partial charge on any atom is -0.481 e. The highest BCUT2D eigenvalue weighted by molar-refractivity contribution is 5.77. The number of hydrogen-bond acceptors (Lipinski definition) is 4. The van der Waals surface area contributed by atoms with Crippen LogP contribution >= 0.6 is 0 Å². The van der Waals surface area contributed by atoms with E-state index in [0.717, 1.165) is 19.4 Å². The maximum absolute atomic E-state index is 12.0. The van der Waals surface area contributed by atoms with Crippen LogP contribution in [0, 0.1) is 0 Å². The van der Waals surface area contributed by atoms with Crippen LogP contribution in [0.5, 0.6) is 0 Å². The van der Waals surface area contributed by atoms with Gasteiger partial charge < -0.3 is 19.5 Å². The Morgan fingerprint density at radius 3 is 2.61 bits per heavy atom. The van der Waals surface area contributed by atoms with Crippen LogP contribution in [0.15, 0.2) is 0 Å². The molecule has 2 rings (SSSR count). The van der Waals surface area contributed by atoms with Crippen LogP contribution < -0.4 is 0 Å². The Balaban J connectivity index is 1.79. The predicted octanol–water partition coefficient (Wildman–Crippen LogP) is 0.258. The number of carboxylic acids is 1. The van der Waals surface area contributed by atoms with E-state index in [1.54, 1.807) is 4.90 Å². The van der Waals surface area contributed by atoms with Crippen molar-refractivity contribution in [1.29, 1.82) is 0 Å². The summed E-state index contributed by atoms with van der Waals surface area (Å²) in [4.78, 5) is 24.3. The molecule has 6 heteroatoms. The Hall–Kier alpha value is -1.14. The van der Waals surface area contributed by atoms with Gasteiger partial charge in [-0.15, -0.1) is 0 Å². The lowest BCUT2D eigenvalue weighted by atomic mass is 10.1. The molecule has 2 heterocycles. The summed E-state index contributed by atoms with van der Waals surface area (Å²) < 4.78 is 10.8. The standard InChI is InChI=1S/C12H19NO5/c14-11(6-9-2-1-4-17-9)13-3-5-18-10(8-13)7-12(15)16/h9-10H,1-8H2,(H,15,16). The molecule has 0 aromatic heterocycles. The summed E-state index contributed by atoms with van der Waals surface area (Å²) in [6.45, 7) is 2.07. The molecule has 0 aromatic carbocycles. The number of morpholine rings is 1. The van der Waals surface area contributed by atoms with E-state index in [4.69, 9.17) is 14.6 Å². The molecule has 0 radical (unpaired) electrons. The van der Waals surface area contributed by atoms with Gasteiger partial charge in [0, 0.05) is 19.7 Å². The van der Waals surface area contributed by atoms with Gasteiger partial charge in [-0.3, -0.25) is 9.59 Å². The third kappa shape index (κ3) is 3.68. The molecule has 2 aliphatic heterocycles. The van der Waals surface area contributed by atoms with Crippen molar-refractivity contribution >= 4 is 11.9 Å². The second-order valence-corrected chi connectivity index (χ2v) is 4.77. The minimum atomic E-state index is -0.895. The van der Waals surface area contributed by atoms with Crippen molar-refractivity contribution < 1.29 is 24.2 Å². The number of rotatable bonds is 4. The van der Waals surface area contributed by atoms with Crippen molar-refractivity contribution in [1.82, 2.24) is 4.90 Å². The van der Waals surface area contributed by atoms with E-state index in [9.17, 15) is 9.59 Å². The number of hydrogen-bond donors (Lipinski definition) is 1. The van der Waals surface area contributed by atoms with Gasteiger partial charge in [0.25, 0.3) is 0 Å². The largest absolute Gasteiger partial charge is 0.481 e. The van der Waals surface area contributed by atoms with Crippen molar-refractivity contribution in [2.75, 3.05) is 26.3 Å². The first-order valence-corrected chi connectivity index (χ1v) is 6.38. The Bertz CT molecular complexity index is 314. The molecule has 18 heavy (non-hydrogen) atoms. The molecule has 1 amide bonds. The Labute approximate surface area is 106 Å². The van der Waals surface area contributed by atoms with Crippen LogP contribution in [0.3, 0.4) is 0 Å². The highest BCUT2D eigenvalue weighted by Gasteiger charge is 2.28. The Kier molecular flexibility index (Phi) is 4.54.